The molecule has 2 N–H and O–H groups in total. The van der Waals surface area contributed by atoms with Crippen LogP contribution in [0.2, 0.25) is 0 Å². The molecule has 0 bridgehead atoms. The number of aromatic nitrogens is 1. The fraction of sp³-hybridized carbons (Fsp3) is 0.0833. The molecule has 0 saturated carbocycles. The highest BCUT2D eigenvalue weighted by Gasteiger charge is 2.03. The Balaban J connectivity index is 2.93. The number of fused-ring (bicyclic) bond motifs is 1. The van der Waals surface area contributed by atoms with Crippen LogP contribution < -0.4 is 5.73 Å². The number of nitrogens with two attached hydrogens (primary N) is 1. The van der Waals surface area contributed by atoms with Gasteiger partial charge in [0.1, 0.15) is 0 Å². The van der Waals surface area contributed by atoms with Gasteiger partial charge in [-0.2, -0.15) is 0 Å². The zero-order valence-electron chi connectivity index (χ0n) is 8.12. The van der Waals surface area contributed by atoms with Gasteiger partial charge in [-0.15, -0.1) is 0 Å². The maximum atomic E-state index is 5.91. The number of nitrogen functional groups attached to an aromatic ring is 1. The first-order chi connectivity index (χ1) is 6.72. The quantitative estimate of drug-likeness (QED) is 0.740. The van der Waals surface area contributed by atoms with Gasteiger partial charge in [0.2, 0.25) is 0 Å². The molecule has 2 nitrogen and oxygen atoms in total. The topological polar surface area (TPSA) is 38.9 Å². The van der Waals surface area contributed by atoms with E-state index in [1.165, 1.54) is 0 Å². The van der Waals surface area contributed by atoms with Gasteiger partial charge >= 0.3 is 0 Å². The van der Waals surface area contributed by atoms with Crippen LogP contribution in [0.4, 0.5) is 5.69 Å². The normalized spacial score (nSPS) is 10.4. The number of anilines is 1. The average molecular weight is 184 g/mol. The molecular formula is C12H12N2. The van der Waals surface area contributed by atoms with Gasteiger partial charge in [0.05, 0.1) is 5.52 Å². The second kappa shape index (κ2) is 3.14. The van der Waals surface area contributed by atoms with Crippen LogP contribution in [0, 0.1) is 6.92 Å². The lowest BCUT2D eigenvalue weighted by atomic mass is 10.1. The van der Waals surface area contributed by atoms with Crippen molar-refractivity contribution in [2.75, 3.05) is 5.73 Å². The van der Waals surface area contributed by atoms with Crippen LogP contribution >= 0.6 is 0 Å². The van der Waals surface area contributed by atoms with Crippen LogP contribution in [-0.4, -0.2) is 4.98 Å². The Morgan fingerprint density at radius 3 is 2.93 bits per heavy atom. The summed E-state index contributed by atoms with van der Waals surface area (Å²) in [5.41, 5.74) is 9.57. The third-order valence-electron chi connectivity index (χ3n) is 2.25. The van der Waals surface area contributed by atoms with Crippen molar-refractivity contribution < 1.29 is 0 Å². The van der Waals surface area contributed by atoms with Crippen LogP contribution in [0.3, 0.4) is 0 Å². The molecule has 14 heavy (non-hydrogen) atoms. The van der Waals surface area contributed by atoms with Crippen molar-refractivity contribution >= 4 is 22.7 Å². The van der Waals surface area contributed by atoms with Crippen molar-refractivity contribution in [3.8, 4) is 0 Å². The molecule has 0 spiro atoms. The van der Waals surface area contributed by atoms with Crippen LogP contribution in [0.5, 0.6) is 0 Å². The summed E-state index contributed by atoms with van der Waals surface area (Å²) >= 11 is 0. The molecule has 0 aliphatic carbocycles. The van der Waals surface area contributed by atoms with E-state index in [0.29, 0.717) is 0 Å². The molecule has 2 aromatic rings. The Bertz CT molecular complexity index is 501. The fourth-order valence-corrected chi connectivity index (χ4v) is 1.60. The summed E-state index contributed by atoms with van der Waals surface area (Å²) in [6, 6.07) is 7.81. The van der Waals surface area contributed by atoms with Crippen molar-refractivity contribution in [1.82, 2.24) is 4.98 Å². The number of aryl methyl sites for hydroxylation is 1. The van der Waals surface area contributed by atoms with Crippen LogP contribution in [0.25, 0.3) is 17.0 Å². The SMILES string of the molecule is C=Cc1cccc2c(N)cc(C)nc12. The van der Waals surface area contributed by atoms with Crippen molar-refractivity contribution in [3.63, 3.8) is 0 Å². The first kappa shape index (κ1) is 8.75. The second-order valence-corrected chi connectivity index (χ2v) is 3.30. The van der Waals surface area contributed by atoms with Gasteiger partial charge in [-0.05, 0) is 13.0 Å². The smallest absolute Gasteiger partial charge is 0.0797 e. The Morgan fingerprint density at radius 2 is 2.21 bits per heavy atom. The van der Waals surface area contributed by atoms with E-state index in [9.17, 15) is 0 Å². The van der Waals surface area contributed by atoms with E-state index < -0.39 is 0 Å². The molecule has 0 amide bonds. The van der Waals surface area contributed by atoms with Gasteiger partial charge in [0.15, 0.2) is 0 Å². The molecule has 0 unspecified atom stereocenters. The molecule has 0 aliphatic rings. The average Bonchev–Trinajstić information content (AvgIpc) is 2.17. The standard InChI is InChI=1S/C12H12N2/c1-3-9-5-4-6-10-11(13)7-8(2)14-12(9)10/h3-7H,1H2,2H3,(H2,13,14). The molecule has 0 aliphatic heterocycles. The molecule has 70 valence electrons. The van der Waals surface area contributed by atoms with E-state index in [4.69, 9.17) is 5.73 Å². The molecule has 0 atom stereocenters. The van der Waals surface area contributed by atoms with Crippen LogP contribution in [0.1, 0.15) is 11.3 Å². The lowest BCUT2D eigenvalue weighted by molar-refractivity contribution is 1.25. The fourth-order valence-electron chi connectivity index (χ4n) is 1.60. The molecule has 0 radical (unpaired) electrons. The molecule has 1 heterocycles. The first-order valence-corrected chi connectivity index (χ1v) is 4.50. The minimum absolute atomic E-state index is 0.774. The highest BCUT2D eigenvalue weighted by atomic mass is 14.7. The molecule has 0 fully saturated rings. The number of para-hydroxylation sites is 1. The summed E-state index contributed by atoms with van der Waals surface area (Å²) in [6.07, 6.45) is 1.80. The van der Waals surface area contributed by atoms with E-state index in [1.54, 1.807) is 6.08 Å². The number of hydrogen-bond donors (Lipinski definition) is 1. The largest absolute Gasteiger partial charge is 0.398 e. The number of rotatable bonds is 1. The van der Waals surface area contributed by atoms with Crippen molar-refractivity contribution in [3.05, 3.63) is 42.1 Å². The summed E-state index contributed by atoms with van der Waals surface area (Å²) < 4.78 is 0. The zero-order chi connectivity index (χ0) is 10.1. The third kappa shape index (κ3) is 1.25. The molecule has 2 rings (SSSR count). The van der Waals surface area contributed by atoms with Gasteiger partial charge < -0.3 is 5.73 Å². The summed E-state index contributed by atoms with van der Waals surface area (Å²) in [5, 5.41) is 0.994. The van der Waals surface area contributed by atoms with E-state index in [2.05, 4.69) is 11.6 Å². The van der Waals surface area contributed by atoms with E-state index >= 15 is 0 Å². The van der Waals surface area contributed by atoms with E-state index in [1.807, 2.05) is 31.2 Å². The number of benzene rings is 1. The van der Waals surface area contributed by atoms with Crippen LogP contribution in [-0.2, 0) is 0 Å². The minimum atomic E-state index is 0.774. The van der Waals surface area contributed by atoms with E-state index in [-0.39, 0.29) is 0 Å². The van der Waals surface area contributed by atoms with Crippen molar-refractivity contribution in [2.24, 2.45) is 0 Å². The molecule has 0 saturated heterocycles. The monoisotopic (exact) mass is 184 g/mol. The van der Waals surface area contributed by atoms with Crippen LogP contribution in [0.15, 0.2) is 30.8 Å². The summed E-state index contributed by atoms with van der Waals surface area (Å²) in [4.78, 5) is 4.46. The Labute approximate surface area is 83.1 Å². The Hall–Kier alpha value is -1.83. The lowest BCUT2D eigenvalue weighted by Gasteiger charge is -2.05. The predicted octanol–water partition coefficient (Wildman–Crippen LogP) is 2.77. The number of pyridine rings is 1. The van der Waals surface area contributed by atoms with Crippen molar-refractivity contribution in [2.45, 2.75) is 6.92 Å². The van der Waals surface area contributed by atoms with Gasteiger partial charge in [-0.3, -0.25) is 4.98 Å². The summed E-state index contributed by atoms with van der Waals surface area (Å²) in [5.74, 6) is 0. The maximum absolute atomic E-state index is 5.91. The van der Waals surface area contributed by atoms with Gasteiger partial charge in [0, 0.05) is 22.3 Å². The number of hydrogen-bond acceptors (Lipinski definition) is 2. The molecule has 1 aromatic carbocycles. The minimum Gasteiger partial charge on any atom is -0.398 e. The van der Waals surface area contributed by atoms with Gasteiger partial charge in [0.25, 0.3) is 0 Å². The summed E-state index contributed by atoms with van der Waals surface area (Å²) in [7, 11) is 0. The first-order valence-electron chi connectivity index (χ1n) is 4.50. The van der Waals surface area contributed by atoms with E-state index in [0.717, 1.165) is 27.8 Å². The Morgan fingerprint density at radius 1 is 1.43 bits per heavy atom. The lowest BCUT2D eigenvalue weighted by Crippen LogP contribution is -1.93. The van der Waals surface area contributed by atoms with Gasteiger partial charge in [-0.25, -0.2) is 0 Å². The second-order valence-electron chi connectivity index (χ2n) is 3.30. The highest BCUT2D eigenvalue weighted by Crippen LogP contribution is 2.23. The van der Waals surface area contributed by atoms with Crippen molar-refractivity contribution in [1.29, 1.82) is 0 Å². The Kier molecular flexibility index (Phi) is 1.97. The highest BCUT2D eigenvalue weighted by molar-refractivity contribution is 5.95. The predicted molar refractivity (Wildman–Crippen MR) is 61.0 cm³/mol. The van der Waals surface area contributed by atoms with Gasteiger partial charge in [-0.1, -0.05) is 30.9 Å². The maximum Gasteiger partial charge on any atom is 0.0797 e. The summed E-state index contributed by atoms with van der Waals surface area (Å²) in [6.45, 7) is 5.70. The molecule has 1 aromatic heterocycles. The third-order valence-corrected chi connectivity index (χ3v) is 2.25. The molecular weight excluding hydrogens is 172 g/mol. The zero-order valence-corrected chi connectivity index (χ0v) is 8.12. The molecule has 2 heteroatoms. The number of nitrogens with zero attached hydrogens (tertiary/aromatic N) is 1.